The summed E-state index contributed by atoms with van der Waals surface area (Å²) in [6.07, 6.45) is 3.53. The van der Waals surface area contributed by atoms with E-state index < -0.39 is 0 Å². The Kier molecular flexibility index (Phi) is 4.71. The predicted octanol–water partition coefficient (Wildman–Crippen LogP) is 2.06. The van der Waals surface area contributed by atoms with Gasteiger partial charge < -0.3 is 10.4 Å². The quantitative estimate of drug-likeness (QED) is 0.805. The standard InChI is InChI=1S/C17H22N4O2/c1-11-19-16(21-20-11)13-5-3-6-14(9-13)17(23)18-10-12-4-2-7-15(22)8-12/h3,5-6,9,12,15,22H,2,4,7-8,10H2,1H3,(H,18,23)(H,19,20,21). The van der Waals surface area contributed by atoms with Gasteiger partial charge in [-0.05, 0) is 44.2 Å². The number of aromatic nitrogens is 3. The second-order valence-electron chi connectivity index (χ2n) is 6.22. The molecule has 3 N–H and O–H groups in total. The number of rotatable bonds is 4. The van der Waals surface area contributed by atoms with Crippen LogP contribution in [0.25, 0.3) is 11.4 Å². The Morgan fingerprint density at radius 3 is 3.04 bits per heavy atom. The van der Waals surface area contributed by atoms with Crippen LogP contribution in [0.2, 0.25) is 0 Å². The summed E-state index contributed by atoms with van der Waals surface area (Å²) < 4.78 is 0. The van der Waals surface area contributed by atoms with Crippen LogP contribution in [0.15, 0.2) is 24.3 Å². The molecule has 6 heteroatoms. The van der Waals surface area contributed by atoms with E-state index in [0.717, 1.165) is 37.1 Å². The van der Waals surface area contributed by atoms with Crippen LogP contribution in [0.1, 0.15) is 41.9 Å². The number of hydrogen-bond acceptors (Lipinski definition) is 4. The number of nitrogens with one attached hydrogen (secondary N) is 2. The van der Waals surface area contributed by atoms with Crippen molar-refractivity contribution in [1.29, 1.82) is 0 Å². The first kappa shape index (κ1) is 15.7. The fourth-order valence-electron chi connectivity index (χ4n) is 3.06. The van der Waals surface area contributed by atoms with E-state index in [-0.39, 0.29) is 12.0 Å². The minimum Gasteiger partial charge on any atom is -0.393 e. The van der Waals surface area contributed by atoms with Crippen LogP contribution in [0, 0.1) is 12.8 Å². The van der Waals surface area contributed by atoms with Crippen LogP contribution in [0.5, 0.6) is 0 Å². The highest BCUT2D eigenvalue weighted by atomic mass is 16.3. The van der Waals surface area contributed by atoms with Gasteiger partial charge in [-0.25, -0.2) is 4.98 Å². The van der Waals surface area contributed by atoms with Crippen molar-refractivity contribution in [2.24, 2.45) is 5.92 Å². The molecule has 3 rings (SSSR count). The number of hydrogen-bond donors (Lipinski definition) is 3. The molecule has 6 nitrogen and oxygen atoms in total. The highest BCUT2D eigenvalue weighted by Gasteiger charge is 2.20. The summed E-state index contributed by atoms with van der Waals surface area (Å²) in [6, 6.07) is 7.30. The number of nitrogens with zero attached hydrogens (tertiary/aromatic N) is 2. The number of aryl methyl sites for hydroxylation is 1. The van der Waals surface area contributed by atoms with Crippen LogP contribution in [0.4, 0.5) is 0 Å². The molecule has 0 radical (unpaired) electrons. The number of amides is 1. The van der Waals surface area contributed by atoms with E-state index in [1.165, 1.54) is 0 Å². The minimum absolute atomic E-state index is 0.0980. The average molecular weight is 314 g/mol. The Bertz CT molecular complexity index is 683. The van der Waals surface area contributed by atoms with Gasteiger partial charge in [0.05, 0.1) is 6.10 Å². The number of carbonyl (C=O) groups excluding carboxylic acids is 1. The summed E-state index contributed by atoms with van der Waals surface area (Å²) in [4.78, 5) is 16.6. The van der Waals surface area contributed by atoms with Crippen molar-refractivity contribution in [3.63, 3.8) is 0 Å². The summed E-state index contributed by atoms with van der Waals surface area (Å²) in [5.74, 6) is 1.60. The summed E-state index contributed by atoms with van der Waals surface area (Å²) in [5, 5.41) is 19.6. The van der Waals surface area contributed by atoms with E-state index in [0.29, 0.717) is 23.9 Å². The smallest absolute Gasteiger partial charge is 0.251 e. The zero-order chi connectivity index (χ0) is 16.2. The number of aliphatic hydroxyl groups excluding tert-OH is 1. The summed E-state index contributed by atoms with van der Waals surface area (Å²) in [5.41, 5.74) is 1.41. The monoisotopic (exact) mass is 314 g/mol. The van der Waals surface area contributed by atoms with Gasteiger partial charge in [-0.15, -0.1) is 0 Å². The molecule has 2 unspecified atom stereocenters. The third kappa shape index (κ3) is 3.96. The Balaban J connectivity index is 1.63. The van der Waals surface area contributed by atoms with Crippen molar-refractivity contribution in [3.05, 3.63) is 35.7 Å². The van der Waals surface area contributed by atoms with Gasteiger partial charge in [0.1, 0.15) is 5.82 Å². The maximum absolute atomic E-state index is 12.3. The lowest BCUT2D eigenvalue weighted by Gasteiger charge is -2.25. The minimum atomic E-state index is -0.219. The van der Waals surface area contributed by atoms with Gasteiger partial charge in [-0.2, -0.15) is 5.10 Å². The number of aliphatic hydroxyl groups is 1. The summed E-state index contributed by atoms with van der Waals surface area (Å²) in [7, 11) is 0. The molecule has 0 spiro atoms. The van der Waals surface area contributed by atoms with Crippen LogP contribution in [-0.4, -0.2) is 38.8 Å². The zero-order valence-corrected chi connectivity index (χ0v) is 13.2. The molecular formula is C17H22N4O2. The average Bonchev–Trinajstić information content (AvgIpc) is 2.99. The van der Waals surface area contributed by atoms with Crippen LogP contribution in [-0.2, 0) is 0 Å². The normalized spacial score (nSPS) is 21.1. The van der Waals surface area contributed by atoms with Crippen LogP contribution in [0.3, 0.4) is 0 Å². The molecule has 1 aliphatic rings. The first-order valence-corrected chi connectivity index (χ1v) is 8.07. The maximum atomic E-state index is 12.3. The predicted molar refractivity (Wildman–Crippen MR) is 86.9 cm³/mol. The molecular weight excluding hydrogens is 292 g/mol. The molecule has 2 atom stereocenters. The maximum Gasteiger partial charge on any atom is 0.251 e. The Morgan fingerprint density at radius 1 is 1.43 bits per heavy atom. The lowest BCUT2D eigenvalue weighted by molar-refractivity contribution is 0.0874. The van der Waals surface area contributed by atoms with Gasteiger partial charge in [0.2, 0.25) is 0 Å². The Morgan fingerprint density at radius 2 is 2.30 bits per heavy atom. The number of aromatic amines is 1. The van der Waals surface area contributed by atoms with Gasteiger partial charge in [0.15, 0.2) is 5.82 Å². The highest BCUT2D eigenvalue weighted by Crippen LogP contribution is 2.23. The third-order valence-electron chi connectivity index (χ3n) is 4.29. The second kappa shape index (κ2) is 6.91. The number of H-pyrrole nitrogens is 1. The van der Waals surface area contributed by atoms with E-state index >= 15 is 0 Å². The van der Waals surface area contributed by atoms with E-state index in [1.54, 1.807) is 12.1 Å². The van der Waals surface area contributed by atoms with Crippen molar-refractivity contribution in [1.82, 2.24) is 20.5 Å². The topological polar surface area (TPSA) is 90.9 Å². The molecule has 2 aromatic rings. The van der Waals surface area contributed by atoms with Gasteiger partial charge >= 0.3 is 0 Å². The van der Waals surface area contributed by atoms with E-state index in [2.05, 4.69) is 20.5 Å². The number of carbonyl (C=O) groups is 1. The molecule has 1 aromatic carbocycles. The Hall–Kier alpha value is -2.21. The fraction of sp³-hybridized carbons (Fsp3) is 0.471. The number of benzene rings is 1. The second-order valence-corrected chi connectivity index (χ2v) is 6.22. The zero-order valence-electron chi connectivity index (χ0n) is 13.2. The largest absolute Gasteiger partial charge is 0.393 e. The summed E-state index contributed by atoms with van der Waals surface area (Å²) in [6.45, 7) is 2.45. The summed E-state index contributed by atoms with van der Waals surface area (Å²) >= 11 is 0. The van der Waals surface area contributed by atoms with E-state index in [1.807, 2.05) is 19.1 Å². The SMILES string of the molecule is Cc1nc(-c2cccc(C(=O)NCC3CCCC(O)C3)c2)n[nH]1. The molecule has 1 fully saturated rings. The van der Waals surface area contributed by atoms with Crippen LogP contribution >= 0.6 is 0 Å². The Labute approximate surface area is 135 Å². The molecule has 1 amide bonds. The van der Waals surface area contributed by atoms with Crippen molar-refractivity contribution in [2.45, 2.75) is 38.7 Å². The molecule has 0 aliphatic heterocycles. The molecule has 0 saturated heterocycles. The van der Waals surface area contributed by atoms with Crippen molar-refractivity contribution >= 4 is 5.91 Å². The van der Waals surface area contributed by atoms with E-state index in [9.17, 15) is 9.90 Å². The molecule has 0 bridgehead atoms. The molecule has 23 heavy (non-hydrogen) atoms. The lowest BCUT2D eigenvalue weighted by Crippen LogP contribution is -2.32. The van der Waals surface area contributed by atoms with Gasteiger partial charge in [0, 0.05) is 17.7 Å². The molecule has 122 valence electrons. The first-order valence-electron chi connectivity index (χ1n) is 8.07. The lowest BCUT2D eigenvalue weighted by atomic mass is 9.87. The van der Waals surface area contributed by atoms with Gasteiger partial charge in [-0.3, -0.25) is 9.89 Å². The highest BCUT2D eigenvalue weighted by molar-refractivity contribution is 5.95. The first-order chi connectivity index (χ1) is 11.1. The van der Waals surface area contributed by atoms with Crippen molar-refractivity contribution < 1.29 is 9.90 Å². The van der Waals surface area contributed by atoms with Crippen molar-refractivity contribution in [3.8, 4) is 11.4 Å². The fourth-order valence-corrected chi connectivity index (χ4v) is 3.06. The molecule has 1 heterocycles. The molecule has 1 aliphatic carbocycles. The van der Waals surface area contributed by atoms with Gasteiger partial charge in [0.25, 0.3) is 5.91 Å². The van der Waals surface area contributed by atoms with Crippen molar-refractivity contribution in [2.75, 3.05) is 6.54 Å². The third-order valence-corrected chi connectivity index (χ3v) is 4.29. The molecule has 1 aromatic heterocycles. The molecule has 1 saturated carbocycles. The van der Waals surface area contributed by atoms with Crippen LogP contribution < -0.4 is 5.32 Å². The van der Waals surface area contributed by atoms with Gasteiger partial charge in [-0.1, -0.05) is 18.6 Å². The van der Waals surface area contributed by atoms with E-state index in [4.69, 9.17) is 0 Å².